The van der Waals surface area contributed by atoms with E-state index in [1.165, 1.54) is 4.90 Å². The summed E-state index contributed by atoms with van der Waals surface area (Å²) in [4.78, 5) is 27.2. The average Bonchev–Trinajstić information content (AvgIpc) is 2.36. The lowest BCUT2D eigenvalue weighted by Gasteiger charge is -2.32. The summed E-state index contributed by atoms with van der Waals surface area (Å²) >= 11 is 0. The van der Waals surface area contributed by atoms with E-state index in [1.807, 2.05) is 6.92 Å². The number of likely N-dealkylation sites (N-methyl/N-ethyl adjacent to an activating group) is 1. The third kappa shape index (κ3) is 6.02. The number of carbonyl (C=O) groups is 2. The van der Waals surface area contributed by atoms with Crippen LogP contribution in [0.25, 0.3) is 0 Å². The van der Waals surface area contributed by atoms with Gasteiger partial charge in [-0.15, -0.1) is 0 Å². The van der Waals surface area contributed by atoms with Crippen LogP contribution in [0.5, 0.6) is 0 Å². The lowest BCUT2D eigenvalue weighted by molar-refractivity contribution is -0.135. The van der Waals surface area contributed by atoms with Gasteiger partial charge in [-0.1, -0.05) is 6.92 Å². The van der Waals surface area contributed by atoms with E-state index in [4.69, 9.17) is 0 Å². The largest absolute Gasteiger partial charge is 0.355 e. The molecule has 110 valence electrons. The van der Waals surface area contributed by atoms with E-state index in [0.29, 0.717) is 19.1 Å². The van der Waals surface area contributed by atoms with Crippen molar-refractivity contribution in [2.45, 2.75) is 26.3 Å². The smallest absolute Gasteiger partial charge is 0.239 e. The number of hydrogen-bond acceptors (Lipinski definition) is 4. The Morgan fingerprint density at radius 1 is 1.47 bits per heavy atom. The van der Waals surface area contributed by atoms with E-state index < -0.39 is 0 Å². The highest BCUT2D eigenvalue weighted by Gasteiger charge is 2.20. The minimum atomic E-state index is -0.0913. The van der Waals surface area contributed by atoms with Gasteiger partial charge >= 0.3 is 0 Å². The number of hydrogen-bond donors (Lipinski definition) is 2. The first kappa shape index (κ1) is 15.9. The van der Waals surface area contributed by atoms with Gasteiger partial charge in [-0.25, -0.2) is 0 Å². The molecule has 2 amide bonds. The molecule has 0 unspecified atom stereocenters. The maximum Gasteiger partial charge on any atom is 0.239 e. The summed E-state index contributed by atoms with van der Waals surface area (Å²) < 4.78 is 0. The van der Waals surface area contributed by atoms with Gasteiger partial charge in [-0.3, -0.25) is 14.5 Å². The molecule has 1 heterocycles. The summed E-state index contributed by atoms with van der Waals surface area (Å²) in [5.41, 5.74) is 0. The van der Waals surface area contributed by atoms with Gasteiger partial charge < -0.3 is 15.5 Å². The highest BCUT2D eigenvalue weighted by molar-refractivity contribution is 5.85. The minimum absolute atomic E-state index is 0.000693. The van der Waals surface area contributed by atoms with Crippen LogP contribution in [-0.4, -0.2) is 74.0 Å². The Hall–Kier alpha value is -1.14. The number of amides is 2. The summed E-state index contributed by atoms with van der Waals surface area (Å²) in [6.45, 7) is 7.97. The van der Waals surface area contributed by atoms with E-state index in [1.54, 1.807) is 7.05 Å². The van der Waals surface area contributed by atoms with Gasteiger partial charge in [0.2, 0.25) is 11.8 Å². The Morgan fingerprint density at radius 2 is 2.21 bits per heavy atom. The first-order chi connectivity index (χ1) is 9.02. The number of carbonyl (C=O) groups excluding carboxylic acids is 2. The molecule has 19 heavy (non-hydrogen) atoms. The zero-order chi connectivity index (χ0) is 14.3. The monoisotopic (exact) mass is 270 g/mol. The number of nitrogens with one attached hydrogen (secondary N) is 2. The number of piperazine rings is 1. The normalized spacial score (nSPS) is 20.1. The van der Waals surface area contributed by atoms with E-state index in [9.17, 15) is 9.59 Å². The van der Waals surface area contributed by atoms with E-state index >= 15 is 0 Å². The predicted molar refractivity (Wildman–Crippen MR) is 74.8 cm³/mol. The molecule has 0 aromatic rings. The fraction of sp³-hybridized carbons (Fsp3) is 0.846. The Bertz CT molecular complexity index is 309. The Kier molecular flexibility index (Phi) is 6.80. The summed E-state index contributed by atoms with van der Waals surface area (Å²) in [5, 5.41) is 6.11. The van der Waals surface area contributed by atoms with Gasteiger partial charge in [-0.05, 0) is 13.3 Å². The van der Waals surface area contributed by atoms with Crippen molar-refractivity contribution in [3.05, 3.63) is 0 Å². The second kappa shape index (κ2) is 8.12. The molecule has 6 nitrogen and oxygen atoms in total. The summed E-state index contributed by atoms with van der Waals surface area (Å²) in [5.74, 6) is -0.0906. The minimum Gasteiger partial charge on any atom is -0.355 e. The first-order valence-electron chi connectivity index (χ1n) is 6.99. The maximum absolute atomic E-state index is 12.0. The molecule has 1 aliphatic rings. The molecule has 0 spiro atoms. The molecule has 0 radical (unpaired) electrons. The second-order valence-corrected chi connectivity index (χ2v) is 5.19. The van der Waals surface area contributed by atoms with E-state index in [-0.39, 0.29) is 18.4 Å². The van der Waals surface area contributed by atoms with Crippen molar-refractivity contribution >= 4 is 11.8 Å². The summed E-state index contributed by atoms with van der Waals surface area (Å²) in [6, 6.07) is 0.416. The molecule has 1 fully saturated rings. The molecule has 1 saturated heterocycles. The Balaban J connectivity index is 2.29. The van der Waals surface area contributed by atoms with Crippen molar-refractivity contribution < 1.29 is 9.59 Å². The number of nitrogens with zero attached hydrogens (tertiary/aromatic N) is 2. The van der Waals surface area contributed by atoms with Gasteiger partial charge in [0.25, 0.3) is 0 Å². The molecule has 0 aliphatic carbocycles. The molecule has 6 heteroatoms. The van der Waals surface area contributed by atoms with Gasteiger partial charge in [0.15, 0.2) is 0 Å². The molecule has 1 aliphatic heterocycles. The fourth-order valence-electron chi connectivity index (χ4n) is 2.09. The zero-order valence-electron chi connectivity index (χ0n) is 12.2. The molecule has 0 aromatic carbocycles. The van der Waals surface area contributed by atoms with Gasteiger partial charge in [0.05, 0.1) is 13.1 Å². The average molecular weight is 270 g/mol. The molecular weight excluding hydrogens is 244 g/mol. The highest BCUT2D eigenvalue weighted by atomic mass is 16.2. The molecular formula is C13H26N4O2. The van der Waals surface area contributed by atoms with Crippen LogP contribution in [0.15, 0.2) is 0 Å². The van der Waals surface area contributed by atoms with Crippen LogP contribution in [0.1, 0.15) is 20.3 Å². The molecule has 0 bridgehead atoms. The van der Waals surface area contributed by atoms with Crippen molar-refractivity contribution in [1.29, 1.82) is 0 Å². The third-order valence-corrected chi connectivity index (χ3v) is 3.19. The van der Waals surface area contributed by atoms with Gasteiger partial charge in [-0.2, -0.15) is 0 Å². The SMILES string of the molecule is CCCNC(=O)CN(C)C(=O)CN1CCN[C@@H](C)C1. The van der Waals surface area contributed by atoms with Crippen molar-refractivity contribution in [2.24, 2.45) is 0 Å². The lowest BCUT2D eigenvalue weighted by atomic mass is 10.2. The Labute approximate surface area is 115 Å². The van der Waals surface area contributed by atoms with Crippen LogP contribution in [0, 0.1) is 0 Å². The molecule has 1 rings (SSSR count). The standard InChI is InChI=1S/C13H26N4O2/c1-4-5-15-12(18)9-16(3)13(19)10-17-7-6-14-11(2)8-17/h11,14H,4-10H2,1-3H3,(H,15,18)/t11-/m0/s1. The summed E-state index contributed by atoms with van der Waals surface area (Å²) in [7, 11) is 1.68. The Morgan fingerprint density at radius 3 is 2.84 bits per heavy atom. The maximum atomic E-state index is 12.0. The van der Waals surface area contributed by atoms with Gasteiger partial charge in [0.1, 0.15) is 0 Å². The topological polar surface area (TPSA) is 64.7 Å². The molecule has 0 aromatic heterocycles. The van der Waals surface area contributed by atoms with Crippen molar-refractivity contribution in [3.63, 3.8) is 0 Å². The second-order valence-electron chi connectivity index (χ2n) is 5.19. The molecule has 0 saturated carbocycles. The molecule has 2 N–H and O–H groups in total. The van der Waals surface area contributed by atoms with Crippen molar-refractivity contribution in [2.75, 3.05) is 46.3 Å². The van der Waals surface area contributed by atoms with Crippen molar-refractivity contribution in [3.8, 4) is 0 Å². The van der Waals surface area contributed by atoms with E-state index in [2.05, 4.69) is 22.5 Å². The van der Waals surface area contributed by atoms with Crippen LogP contribution in [0.2, 0.25) is 0 Å². The summed E-state index contributed by atoms with van der Waals surface area (Å²) in [6.07, 6.45) is 0.905. The quantitative estimate of drug-likeness (QED) is 0.667. The van der Waals surface area contributed by atoms with Crippen molar-refractivity contribution in [1.82, 2.24) is 20.4 Å². The predicted octanol–water partition coefficient (Wildman–Crippen LogP) is -0.735. The zero-order valence-corrected chi connectivity index (χ0v) is 12.2. The van der Waals surface area contributed by atoms with Gasteiger partial charge in [0, 0.05) is 39.3 Å². The van der Waals surface area contributed by atoms with Crippen LogP contribution >= 0.6 is 0 Å². The lowest BCUT2D eigenvalue weighted by Crippen LogP contribution is -2.52. The number of rotatable bonds is 6. The van der Waals surface area contributed by atoms with Crippen LogP contribution in [-0.2, 0) is 9.59 Å². The third-order valence-electron chi connectivity index (χ3n) is 3.19. The molecule has 1 atom stereocenters. The van der Waals surface area contributed by atoms with Crippen LogP contribution in [0.3, 0.4) is 0 Å². The fourth-order valence-corrected chi connectivity index (χ4v) is 2.09. The van der Waals surface area contributed by atoms with E-state index in [0.717, 1.165) is 26.1 Å². The highest BCUT2D eigenvalue weighted by Crippen LogP contribution is 1.99. The van der Waals surface area contributed by atoms with Crippen LogP contribution < -0.4 is 10.6 Å². The first-order valence-corrected chi connectivity index (χ1v) is 6.99. The van der Waals surface area contributed by atoms with Crippen LogP contribution in [0.4, 0.5) is 0 Å².